The van der Waals surface area contributed by atoms with Crippen molar-refractivity contribution in [1.82, 2.24) is 0 Å². The van der Waals surface area contributed by atoms with Crippen LogP contribution < -0.4 is 10.2 Å². The fourth-order valence-electron chi connectivity index (χ4n) is 2.80. The fourth-order valence-corrected chi connectivity index (χ4v) is 3.82. The number of thiophene rings is 1. The molecule has 1 aliphatic heterocycles. The summed E-state index contributed by atoms with van der Waals surface area (Å²) >= 11 is 1.40. The first-order valence-corrected chi connectivity index (χ1v) is 8.49. The lowest BCUT2D eigenvalue weighted by atomic mass is 10.1. The van der Waals surface area contributed by atoms with Crippen LogP contribution >= 0.6 is 11.3 Å². The summed E-state index contributed by atoms with van der Waals surface area (Å²) in [5.74, 6) is -0.674. The number of carbonyl (C=O) groups excluding carboxylic acids is 2. The van der Waals surface area contributed by atoms with Crippen molar-refractivity contribution in [2.24, 2.45) is 5.92 Å². The van der Waals surface area contributed by atoms with E-state index in [0.29, 0.717) is 17.1 Å². The van der Waals surface area contributed by atoms with E-state index in [9.17, 15) is 14.9 Å². The second-order valence-electron chi connectivity index (χ2n) is 5.83. The van der Waals surface area contributed by atoms with E-state index in [1.807, 2.05) is 44.2 Å². The van der Waals surface area contributed by atoms with Crippen molar-refractivity contribution in [3.8, 4) is 6.07 Å². The summed E-state index contributed by atoms with van der Waals surface area (Å²) < 4.78 is 0. The van der Waals surface area contributed by atoms with Gasteiger partial charge in [-0.1, -0.05) is 18.2 Å². The van der Waals surface area contributed by atoms with Gasteiger partial charge in [0.15, 0.2) is 0 Å². The maximum absolute atomic E-state index is 12.5. The summed E-state index contributed by atoms with van der Waals surface area (Å²) in [5.41, 5.74) is 2.21. The Labute approximate surface area is 144 Å². The first-order valence-electron chi connectivity index (χ1n) is 7.67. The van der Waals surface area contributed by atoms with Crippen LogP contribution in [0.5, 0.6) is 0 Å². The maximum atomic E-state index is 12.5. The van der Waals surface area contributed by atoms with Crippen molar-refractivity contribution in [3.05, 3.63) is 46.3 Å². The van der Waals surface area contributed by atoms with Crippen molar-refractivity contribution < 1.29 is 9.59 Å². The van der Waals surface area contributed by atoms with Gasteiger partial charge in [-0.3, -0.25) is 9.59 Å². The van der Waals surface area contributed by atoms with Gasteiger partial charge in [-0.2, -0.15) is 5.26 Å². The van der Waals surface area contributed by atoms with Crippen molar-refractivity contribution in [1.29, 1.82) is 5.26 Å². The second kappa shape index (κ2) is 6.46. The first kappa shape index (κ1) is 16.2. The zero-order chi connectivity index (χ0) is 17.3. The summed E-state index contributed by atoms with van der Waals surface area (Å²) in [5, 5.41) is 12.7. The second-order valence-corrected chi connectivity index (χ2v) is 7.05. The first-order chi connectivity index (χ1) is 11.5. The van der Waals surface area contributed by atoms with Crippen LogP contribution in [0.2, 0.25) is 0 Å². The topological polar surface area (TPSA) is 73.2 Å². The van der Waals surface area contributed by atoms with Gasteiger partial charge in [-0.25, -0.2) is 0 Å². The molecule has 122 valence electrons. The Bertz CT molecular complexity index is 836. The number of para-hydroxylation sites is 1. The van der Waals surface area contributed by atoms with E-state index in [0.717, 1.165) is 16.1 Å². The number of hydrogen-bond donors (Lipinski definition) is 1. The summed E-state index contributed by atoms with van der Waals surface area (Å²) in [4.78, 5) is 27.4. The molecule has 1 fully saturated rings. The van der Waals surface area contributed by atoms with Gasteiger partial charge >= 0.3 is 0 Å². The van der Waals surface area contributed by atoms with Crippen molar-refractivity contribution in [2.45, 2.75) is 20.3 Å². The predicted octanol–water partition coefficient (Wildman–Crippen LogP) is 3.23. The molecule has 2 amide bonds. The molecule has 1 aromatic carbocycles. The van der Waals surface area contributed by atoms with Crippen molar-refractivity contribution in [3.63, 3.8) is 0 Å². The minimum absolute atomic E-state index is 0.0552. The molecule has 3 rings (SSSR count). The van der Waals surface area contributed by atoms with Gasteiger partial charge < -0.3 is 10.2 Å². The number of rotatable bonds is 3. The molecule has 5 nitrogen and oxygen atoms in total. The molecule has 1 saturated heterocycles. The lowest BCUT2D eigenvalue weighted by Crippen LogP contribution is -2.28. The Hall–Kier alpha value is -2.65. The summed E-state index contributed by atoms with van der Waals surface area (Å²) in [6, 6.07) is 11.5. The zero-order valence-electron chi connectivity index (χ0n) is 13.5. The minimum atomic E-state index is -0.410. The van der Waals surface area contributed by atoms with Gasteiger partial charge in [0.1, 0.15) is 11.1 Å². The average molecular weight is 339 g/mol. The molecule has 1 atom stereocenters. The molecule has 24 heavy (non-hydrogen) atoms. The Balaban J connectivity index is 1.75. The monoisotopic (exact) mass is 339 g/mol. The number of nitrogens with one attached hydrogen (secondary N) is 1. The summed E-state index contributed by atoms with van der Waals surface area (Å²) in [6.45, 7) is 4.16. The van der Waals surface area contributed by atoms with E-state index in [-0.39, 0.29) is 18.2 Å². The van der Waals surface area contributed by atoms with Crippen LogP contribution in [-0.4, -0.2) is 18.4 Å². The number of amides is 2. The molecule has 0 radical (unpaired) electrons. The van der Waals surface area contributed by atoms with Gasteiger partial charge in [0.25, 0.3) is 0 Å². The molecule has 1 unspecified atom stereocenters. The van der Waals surface area contributed by atoms with E-state index in [1.54, 1.807) is 4.90 Å². The van der Waals surface area contributed by atoms with Crippen molar-refractivity contribution >= 4 is 33.8 Å². The van der Waals surface area contributed by atoms with E-state index >= 15 is 0 Å². The number of anilines is 2. The van der Waals surface area contributed by atoms with Gasteiger partial charge in [0.05, 0.1) is 11.5 Å². The summed E-state index contributed by atoms with van der Waals surface area (Å²) in [6.07, 6.45) is 0.186. The van der Waals surface area contributed by atoms with Gasteiger partial charge in [0, 0.05) is 23.5 Å². The molecule has 0 saturated carbocycles. The molecular formula is C18H17N3O2S. The molecule has 6 heteroatoms. The smallest absolute Gasteiger partial charge is 0.230 e. The molecule has 0 spiro atoms. The third kappa shape index (κ3) is 2.91. The Morgan fingerprint density at radius 3 is 2.71 bits per heavy atom. The molecule has 2 aromatic rings. The highest BCUT2D eigenvalue weighted by molar-refractivity contribution is 7.16. The van der Waals surface area contributed by atoms with Gasteiger partial charge in [0.2, 0.25) is 11.8 Å². The molecule has 0 aliphatic carbocycles. The molecule has 0 bridgehead atoms. The quantitative estimate of drug-likeness (QED) is 0.933. The van der Waals surface area contributed by atoms with E-state index in [4.69, 9.17) is 0 Å². The van der Waals surface area contributed by atoms with Crippen LogP contribution in [0.25, 0.3) is 0 Å². The maximum Gasteiger partial charge on any atom is 0.230 e. The lowest BCUT2D eigenvalue weighted by molar-refractivity contribution is -0.122. The number of nitriles is 1. The van der Waals surface area contributed by atoms with Crippen LogP contribution in [0.1, 0.15) is 22.4 Å². The molecule has 1 aliphatic rings. The fraction of sp³-hybridized carbons (Fsp3) is 0.278. The Morgan fingerprint density at radius 2 is 2.04 bits per heavy atom. The SMILES string of the molecule is Cc1sc(NC(=O)C2CC(=O)N(c3ccccc3)C2)c(C#N)c1C. The number of aryl methyl sites for hydroxylation is 1. The zero-order valence-corrected chi connectivity index (χ0v) is 14.3. The summed E-state index contributed by atoms with van der Waals surface area (Å²) in [7, 11) is 0. The van der Waals surface area contributed by atoms with Crippen LogP contribution in [-0.2, 0) is 9.59 Å². The normalized spacial score (nSPS) is 17.0. The van der Waals surface area contributed by atoms with E-state index in [1.165, 1.54) is 11.3 Å². The Morgan fingerprint density at radius 1 is 1.33 bits per heavy atom. The number of nitrogens with zero attached hydrogens (tertiary/aromatic N) is 2. The number of carbonyl (C=O) groups is 2. The van der Waals surface area contributed by atoms with E-state index in [2.05, 4.69) is 11.4 Å². The molecule has 2 heterocycles. The number of hydrogen-bond acceptors (Lipinski definition) is 4. The highest BCUT2D eigenvalue weighted by Crippen LogP contribution is 2.33. The Kier molecular flexibility index (Phi) is 4.36. The van der Waals surface area contributed by atoms with Gasteiger partial charge in [-0.05, 0) is 31.5 Å². The third-order valence-corrected chi connectivity index (χ3v) is 5.42. The minimum Gasteiger partial charge on any atom is -0.316 e. The largest absolute Gasteiger partial charge is 0.316 e. The standard InChI is InChI=1S/C18H17N3O2S/c1-11-12(2)24-18(15(11)9-19)20-17(23)13-8-16(22)21(10-13)14-6-4-3-5-7-14/h3-7,13H,8,10H2,1-2H3,(H,20,23). The van der Waals surface area contributed by atoms with Crippen molar-refractivity contribution in [2.75, 3.05) is 16.8 Å². The highest BCUT2D eigenvalue weighted by atomic mass is 32.1. The highest BCUT2D eigenvalue weighted by Gasteiger charge is 2.35. The van der Waals surface area contributed by atoms with Crippen LogP contribution in [0.3, 0.4) is 0 Å². The van der Waals surface area contributed by atoms with Gasteiger partial charge in [-0.15, -0.1) is 11.3 Å². The molecular weight excluding hydrogens is 322 g/mol. The molecule has 1 aromatic heterocycles. The third-order valence-electron chi connectivity index (χ3n) is 4.30. The van der Waals surface area contributed by atoms with E-state index < -0.39 is 5.92 Å². The van der Waals surface area contributed by atoms with Crippen LogP contribution in [0.15, 0.2) is 30.3 Å². The van der Waals surface area contributed by atoms with Crippen LogP contribution in [0.4, 0.5) is 10.7 Å². The van der Waals surface area contributed by atoms with Crippen LogP contribution in [0, 0.1) is 31.1 Å². The lowest BCUT2D eigenvalue weighted by Gasteiger charge is -2.16. The average Bonchev–Trinajstić information content (AvgIpc) is 3.09. The molecule has 1 N–H and O–H groups in total. The predicted molar refractivity (Wildman–Crippen MR) is 94.0 cm³/mol. The number of benzene rings is 1.